The average Bonchev–Trinajstić information content (AvgIpc) is 3.86. The monoisotopic (exact) mass is 854 g/mol. The van der Waals surface area contributed by atoms with Crippen molar-refractivity contribution in [2.45, 2.75) is 102 Å². The van der Waals surface area contributed by atoms with Crippen LogP contribution in [0.25, 0.3) is 0 Å². The first kappa shape index (κ1) is 46.2. The summed E-state index contributed by atoms with van der Waals surface area (Å²) in [5.74, 6) is -1.44. The van der Waals surface area contributed by atoms with Gasteiger partial charge in [0, 0.05) is 57.4 Å². The maximum Gasteiger partial charge on any atom is 0.409 e. The standard InChI is InChI=1S/C39H55ClN4O11S2/c1-21-11-10-12-29(52-9)39(50)19-28(53-37(49)42-39)23(3)34-38(5,55-34)30(18-32(46)44(7)26-16-25(15-21)17-27(51-8)33(26)40)54-36(48)24(4)43(6)31(45)13-14-56-57-20-22(2)35(41)47/h10-12,16-17,22-24,28-30,34,50H,13-15,18-20H2,1-9H3,(H2,41,47)(H,42,49)/b12-10+,21-11+/t22-,23+,24-,28-,29+,30-,34-,38-,39-/m0/s1. The highest BCUT2D eigenvalue weighted by molar-refractivity contribution is 8.76. The van der Waals surface area contributed by atoms with Gasteiger partial charge in [-0.05, 0) is 44.9 Å². The lowest BCUT2D eigenvalue weighted by Gasteiger charge is -2.42. The van der Waals surface area contributed by atoms with Crippen LogP contribution in [0.2, 0.25) is 5.02 Å². The first-order valence-electron chi connectivity index (χ1n) is 18.6. The second-order valence-electron chi connectivity index (χ2n) is 15.1. The van der Waals surface area contributed by atoms with Gasteiger partial charge in [-0.3, -0.25) is 19.7 Å². The third-order valence-corrected chi connectivity index (χ3v) is 13.8. The summed E-state index contributed by atoms with van der Waals surface area (Å²) < 4.78 is 29.2. The molecule has 2 saturated heterocycles. The number of esters is 1. The molecule has 3 heterocycles. The third-order valence-electron chi connectivity index (χ3n) is 10.8. The fourth-order valence-electron chi connectivity index (χ4n) is 6.81. The number of nitrogens with one attached hydrogen (secondary N) is 1. The van der Waals surface area contributed by atoms with Gasteiger partial charge >= 0.3 is 12.1 Å². The number of carbonyl (C=O) groups is 5. The predicted octanol–water partition coefficient (Wildman–Crippen LogP) is 4.41. The highest BCUT2D eigenvalue weighted by Gasteiger charge is 2.64. The quantitative estimate of drug-likeness (QED) is 0.116. The molecule has 1 aromatic rings. The van der Waals surface area contributed by atoms with Crippen molar-refractivity contribution in [1.82, 2.24) is 10.2 Å². The molecule has 3 aliphatic heterocycles. The van der Waals surface area contributed by atoms with E-state index in [1.165, 1.54) is 59.6 Å². The van der Waals surface area contributed by atoms with Crippen LogP contribution in [0.3, 0.4) is 0 Å². The summed E-state index contributed by atoms with van der Waals surface area (Å²) in [7, 11) is 8.84. The SMILES string of the molecule is COc1cc2cc(c1Cl)N(C)C(=O)C[C@H](OC(=O)[C@H](C)N(C)C(=O)CCSSC[C@H](C)C(N)=O)[C@]1(C)O[C@H]1[C@H](C)[C@@H]1C[C@@](O)(NC(=O)O1)[C@H](OC)/C=C/C=C(\C)C2. The molecule has 0 radical (unpaired) electrons. The van der Waals surface area contributed by atoms with Crippen LogP contribution >= 0.6 is 33.2 Å². The van der Waals surface area contributed by atoms with Crippen molar-refractivity contribution in [1.29, 1.82) is 0 Å². The van der Waals surface area contributed by atoms with E-state index in [0.29, 0.717) is 29.4 Å². The lowest BCUT2D eigenvalue weighted by molar-refractivity contribution is -0.162. The lowest BCUT2D eigenvalue weighted by Crippen LogP contribution is -2.63. The minimum absolute atomic E-state index is 0.0669. The van der Waals surface area contributed by atoms with E-state index in [1.54, 1.807) is 52.1 Å². The first-order valence-corrected chi connectivity index (χ1v) is 21.5. The van der Waals surface area contributed by atoms with E-state index < -0.39 is 71.6 Å². The third kappa shape index (κ3) is 11.2. The molecule has 18 heteroatoms. The molecule has 3 aliphatic rings. The molecule has 4 amide bonds. The molecular formula is C39H55ClN4O11S2. The molecule has 9 atom stereocenters. The molecule has 0 spiro atoms. The van der Waals surface area contributed by atoms with E-state index >= 15 is 0 Å². The Morgan fingerprint density at radius 1 is 1.21 bits per heavy atom. The van der Waals surface area contributed by atoms with Gasteiger partial charge in [0.2, 0.25) is 17.7 Å². The largest absolute Gasteiger partial charge is 0.495 e. The number of ether oxygens (including phenoxy) is 5. The summed E-state index contributed by atoms with van der Waals surface area (Å²) in [4.78, 5) is 68.0. The average molecular weight is 855 g/mol. The van der Waals surface area contributed by atoms with Crippen molar-refractivity contribution >= 4 is 68.7 Å². The minimum atomic E-state index is -1.84. The van der Waals surface area contributed by atoms with E-state index in [9.17, 15) is 29.1 Å². The van der Waals surface area contributed by atoms with Crippen molar-refractivity contribution < 1.29 is 52.8 Å². The lowest BCUT2D eigenvalue weighted by atomic mass is 9.83. The topological polar surface area (TPSA) is 200 Å². The number of fused-ring (bicyclic) bond motifs is 5. The van der Waals surface area contributed by atoms with Crippen LogP contribution in [-0.2, 0) is 44.5 Å². The summed E-state index contributed by atoms with van der Waals surface area (Å²) in [6.07, 6.45) is 0.885. The number of hydrogen-bond acceptors (Lipinski definition) is 13. The number of rotatable bonds is 12. The number of nitrogens with two attached hydrogens (primary N) is 1. The van der Waals surface area contributed by atoms with Gasteiger partial charge in [0.05, 0.1) is 25.3 Å². The number of primary amides is 1. The van der Waals surface area contributed by atoms with E-state index in [0.717, 1.165) is 11.1 Å². The number of halogens is 1. The van der Waals surface area contributed by atoms with Gasteiger partial charge in [0.25, 0.3) is 0 Å². The van der Waals surface area contributed by atoms with Gasteiger partial charge in [0.1, 0.15) is 40.7 Å². The van der Waals surface area contributed by atoms with Crippen molar-refractivity contribution in [2.24, 2.45) is 17.6 Å². The van der Waals surface area contributed by atoms with Crippen LogP contribution in [0.15, 0.2) is 35.9 Å². The van der Waals surface area contributed by atoms with Crippen molar-refractivity contribution in [3.05, 3.63) is 46.5 Å². The van der Waals surface area contributed by atoms with Crippen LogP contribution < -0.4 is 20.7 Å². The fourth-order valence-corrected chi connectivity index (χ4v) is 9.47. The predicted molar refractivity (Wildman–Crippen MR) is 219 cm³/mol. The summed E-state index contributed by atoms with van der Waals surface area (Å²) in [6, 6.07) is 2.54. The Kier molecular flexibility index (Phi) is 15.8. The normalized spacial score (nSPS) is 30.3. The van der Waals surface area contributed by atoms with Crippen molar-refractivity contribution in [3.8, 4) is 5.75 Å². The molecule has 0 aromatic heterocycles. The summed E-state index contributed by atoms with van der Waals surface area (Å²) in [6.45, 7) is 8.68. The van der Waals surface area contributed by atoms with Crippen LogP contribution in [0, 0.1) is 11.8 Å². The van der Waals surface area contributed by atoms with E-state index in [2.05, 4.69) is 5.32 Å². The Morgan fingerprint density at radius 2 is 1.91 bits per heavy atom. The zero-order valence-electron chi connectivity index (χ0n) is 33.9. The molecule has 4 N–H and O–H groups in total. The number of alkyl carbamates (subject to hydrolysis) is 1. The van der Waals surface area contributed by atoms with E-state index in [-0.39, 0.29) is 36.1 Å². The number of nitrogens with zero attached hydrogens (tertiary/aromatic N) is 2. The number of epoxide rings is 1. The Bertz CT molecular complexity index is 1750. The number of aliphatic hydroxyl groups is 1. The van der Waals surface area contributed by atoms with Gasteiger partial charge in [0.15, 0.2) is 5.72 Å². The zero-order chi connectivity index (χ0) is 42.4. The maximum atomic E-state index is 14.2. The maximum absolute atomic E-state index is 14.2. The summed E-state index contributed by atoms with van der Waals surface area (Å²) in [5.41, 5.74) is 4.32. The number of methoxy groups -OCH3 is 2. The zero-order valence-corrected chi connectivity index (χ0v) is 36.3. The Labute approximate surface area is 347 Å². The molecule has 0 unspecified atom stereocenters. The molecule has 0 saturated carbocycles. The molecule has 0 aliphatic carbocycles. The number of anilines is 1. The number of likely N-dealkylation sites (N-methyl/N-ethyl adjacent to an activating group) is 1. The van der Waals surface area contributed by atoms with Crippen molar-refractivity contribution in [2.75, 3.05) is 44.7 Å². The minimum Gasteiger partial charge on any atom is -0.495 e. The number of allylic oxidation sites excluding steroid dienone is 3. The smallest absolute Gasteiger partial charge is 0.409 e. The van der Waals surface area contributed by atoms with Gasteiger partial charge in [-0.2, -0.15) is 0 Å². The highest BCUT2D eigenvalue weighted by Crippen LogP contribution is 2.49. The Balaban J connectivity index is 1.64. The molecule has 1 aromatic carbocycles. The summed E-state index contributed by atoms with van der Waals surface area (Å²) in [5, 5.41) is 14.5. The Morgan fingerprint density at radius 3 is 2.56 bits per heavy atom. The number of amides is 4. The number of benzene rings is 1. The molecule has 57 heavy (non-hydrogen) atoms. The molecule has 4 bridgehead atoms. The van der Waals surface area contributed by atoms with Gasteiger partial charge < -0.3 is 44.3 Å². The summed E-state index contributed by atoms with van der Waals surface area (Å²) >= 11 is 6.77. The van der Waals surface area contributed by atoms with Crippen LogP contribution in [0.5, 0.6) is 5.75 Å². The highest BCUT2D eigenvalue weighted by atomic mass is 35.5. The number of hydrogen-bond donors (Lipinski definition) is 3. The van der Waals surface area contributed by atoms with Crippen LogP contribution in [0.1, 0.15) is 59.4 Å². The second kappa shape index (κ2) is 19.5. The fraction of sp³-hybridized carbons (Fsp3) is 0.615. The van der Waals surface area contributed by atoms with Gasteiger partial charge in [-0.15, -0.1) is 0 Å². The molecular weight excluding hydrogens is 800 g/mol. The van der Waals surface area contributed by atoms with E-state index in [4.69, 9.17) is 41.0 Å². The molecule has 2 fully saturated rings. The first-order chi connectivity index (χ1) is 26.8. The van der Waals surface area contributed by atoms with Crippen LogP contribution in [-0.4, -0.2) is 121 Å². The number of carbonyl (C=O) groups excluding carboxylic acids is 5. The van der Waals surface area contributed by atoms with Gasteiger partial charge in [-0.25, -0.2) is 9.59 Å². The Hall–Kier alpha value is -3.48. The molecule has 15 nitrogen and oxygen atoms in total. The second-order valence-corrected chi connectivity index (χ2v) is 18.1. The molecule has 316 valence electrons. The van der Waals surface area contributed by atoms with Gasteiger partial charge in [-0.1, -0.05) is 70.8 Å². The van der Waals surface area contributed by atoms with Crippen LogP contribution in [0.4, 0.5) is 10.5 Å². The van der Waals surface area contributed by atoms with E-state index in [1.807, 2.05) is 13.0 Å². The van der Waals surface area contributed by atoms with Crippen molar-refractivity contribution in [3.63, 3.8) is 0 Å². The molecule has 4 rings (SSSR count).